The van der Waals surface area contributed by atoms with Gasteiger partial charge in [-0.15, -0.1) is 4.91 Å². The molecule has 0 aliphatic heterocycles. The van der Waals surface area contributed by atoms with Crippen LogP contribution in [0.15, 0.2) is 5.18 Å². The topological polar surface area (TPSA) is 46.5 Å². The van der Waals surface area contributed by atoms with Gasteiger partial charge >= 0.3 is 0 Å². The van der Waals surface area contributed by atoms with Gasteiger partial charge in [-0.1, -0.05) is 20.8 Å². The minimum absolute atomic E-state index is 0.120. The van der Waals surface area contributed by atoms with Crippen molar-refractivity contribution in [1.29, 1.82) is 0 Å². The molecule has 0 aliphatic carbocycles. The number of hydrogen-bond donors (Lipinski definition) is 0. The maximum Gasteiger partial charge on any atom is 0.286 e. The number of nitrogens with zero attached hydrogens (tertiary/aromatic N) is 1. The number of carbonyl (C=O) groups excluding carboxylic acids is 1. The maximum atomic E-state index is 10.3. The zero-order chi connectivity index (χ0) is 7.49. The zero-order valence-corrected chi connectivity index (χ0v) is 5.97. The molecule has 0 spiro atoms. The van der Waals surface area contributed by atoms with E-state index < -0.39 is 5.91 Å². The summed E-state index contributed by atoms with van der Waals surface area (Å²) >= 11 is 0. The van der Waals surface area contributed by atoms with Crippen molar-refractivity contribution in [2.45, 2.75) is 27.2 Å². The van der Waals surface area contributed by atoms with Crippen molar-refractivity contribution in [3.05, 3.63) is 4.91 Å². The summed E-state index contributed by atoms with van der Waals surface area (Å²) in [6.45, 7) is 5.66. The third-order valence-corrected chi connectivity index (χ3v) is 0.783. The van der Waals surface area contributed by atoms with E-state index in [1.165, 1.54) is 0 Å². The second-order valence-electron chi connectivity index (χ2n) is 3.22. The molecule has 0 radical (unpaired) electrons. The highest BCUT2D eigenvalue weighted by atomic mass is 16.3. The van der Waals surface area contributed by atoms with Gasteiger partial charge in [0.1, 0.15) is 0 Å². The van der Waals surface area contributed by atoms with Crippen LogP contribution in [0.3, 0.4) is 0 Å². The average Bonchev–Trinajstić information content (AvgIpc) is 1.62. The number of nitroso groups, excluding NO2 is 1. The highest BCUT2D eigenvalue weighted by Crippen LogP contribution is 2.18. The summed E-state index contributed by atoms with van der Waals surface area (Å²) in [6, 6.07) is 0. The van der Waals surface area contributed by atoms with Gasteiger partial charge in [0, 0.05) is 11.6 Å². The number of amides is 1. The molecule has 0 unspecified atom stereocenters. The molecule has 0 heterocycles. The van der Waals surface area contributed by atoms with Gasteiger partial charge in [-0.05, 0) is 5.41 Å². The summed E-state index contributed by atoms with van der Waals surface area (Å²) in [5.74, 6) is -0.567. The molecule has 0 saturated carbocycles. The van der Waals surface area contributed by atoms with Crippen LogP contribution in [-0.2, 0) is 4.79 Å². The third kappa shape index (κ3) is 5.14. The first-order valence-electron chi connectivity index (χ1n) is 2.82. The third-order valence-electron chi connectivity index (χ3n) is 0.783. The molecule has 0 aromatic heterocycles. The van der Waals surface area contributed by atoms with Crippen LogP contribution in [-0.4, -0.2) is 5.91 Å². The summed E-state index contributed by atoms with van der Waals surface area (Å²) in [5, 5.41) is 2.28. The van der Waals surface area contributed by atoms with Crippen molar-refractivity contribution >= 4 is 5.91 Å². The molecule has 0 aromatic carbocycles. The quantitative estimate of drug-likeness (QED) is 0.506. The van der Waals surface area contributed by atoms with Gasteiger partial charge in [0.05, 0.1) is 0 Å². The molecule has 0 aromatic rings. The number of hydrogen-bond acceptors (Lipinski definition) is 2. The Kier molecular flexibility index (Phi) is 2.49. The van der Waals surface area contributed by atoms with Gasteiger partial charge in [-0.3, -0.25) is 4.79 Å². The van der Waals surface area contributed by atoms with E-state index >= 15 is 0 Å². The van der Waals surface area contributed by atoms with Gasteiger partial charge in [0.15, 0.2) is 0 Å². The first-order valence-corrected chi connectivity index (χ1v) is 2.82. The van der Waals surface area contributed by atoms with Crippen LogP contribution in [0.5, 0.6) is 0 Å². The van der Waals surface area contributed by atoms with Gasteiger partial charge in [0.2, 0.25) is 0 Å². The van der Waals surface area contributed by atoms with Crippen molar-refractivity contribution in [2.75, 3.05) is 0 Å². The molecule has 0 aliphatic rings. The molecule has 0 fully saturated rings. The maximum absolute atomic E-state index is 10.3. The van der Waals surface area contributed by atoms with E-state index in [2.05, 4.69) is 5.18 Å². The molecular weight excluding hydrogens is 118 g/mol. The Morgan fingerprint density at radius 3 is 2.00 bits per heavy atom. The van der Waals surface area contributed by atoms with E-state index in [-0.39, 0.29) is 11.8 Å². The van der Waals surface area contributed by atoms with Gasteiger partial charge in [0.25, 0.3) is 5.91 Å². The van der Waals surface area contributed by atoms with E-state index in [4.69, 9.17) is 0 Å². The normalized spacial score (nSPS) is 11.0. The average molecular weight is 129 g/mol. The van der Waals surface area contributed by atoms with Gasteiger partial charge in [-0.2, -0.15) is 0 Å². The monoisotopic (exact) mass is 129 g/mol. The predicted molar refractivity (Wildman–Crippen MR) is 34.9 cm³/mol. The fourth-order valence-electron chi connectivity index (χ4n) is 0.486. The molecule has 0 rings (SSSR count). The van der Waals surface area contributed by atoms with E-state index in [0.717, 1.165) is 0 Å². The van der Waals surface area contributed by atoms with Crippen molar-refractivity contribution < 1.29 is 4.79 Å². The van der Waals surface area contributed by atoms with Crippen molar-refractivity contribution in [1.82, 2.24) is 0 Å². The molecule has 0 N–H and O–H groups in total. The Balaban J connectivity index is 3.74. The molecular formula is C6H11NO2. The Morgan fingerprint density at radius 2 is 1.89 bits per heavy atom. The largest absolute Gasteiger partial charge is 0.286 e. The van der Waals surface area contributed by atoms with Crippen molar-refractivity contribution in [2.24, 2.45) is 10.6 Å². The van der Waals surface area contributed by atoms with Gasteiger partial charge < -0.3 is 0 Å². The molecule has 0 bridgehead atoms. The summed E-state index contributed by atoms with van der Waals surface area (Å²) in [4.78, 5) is 19.9. The first kappa shape index (κ1) is 8.27. The van der Waals surface area contributed by atoms with Crippen LogP contribution < -0.4 is 0 Å². The standard InChI is InChI=1S/C6H11NO2/c1-6(2,3)4-5(8)7-9/h4H2,1-3H3. The van der Waals surface area contributed by atoms with E-state index in [0.29, 0.717) is 0 Å². The van der Waals surface area contributed by atoms with E-state index in [1.807, 2.05) is 20.8 Å². The summed E-state index contributed by atoms with van der Waals surface area (Å²) in [6.07, 6.45) is 0.233. The predicted octanol–water partition coefficient (Wildman–Crippen LogP) is 1.72. The van der Waals surface area contributed by atoms with Crippen LogP contribution in [0.25, 0.3) is 0 Å². The lowest BCUT2D eigenvalue weighted by atomic mass is 9.92. The second kappa shape index (κ2) is 2.71. The lowest BCUT2D eigenvalue weighted by Gasteiger charge is -2.13. The minimum Gasteiger partial charge on any atom is -0.269 e. The van der Waals surface area contributed by atoms with Crippen LogP contribution in [0.4, 0.5) is 0 Å². The molecule has 52 valence electrons. The van der Waals surface area contributed by atoms with Crippen LogP contribution in [0, 0.1) is 10.3 Å². The molecule has 9 heavy (non-hydrogen) atoms. The fraction of sp³-hybridized carbons (Fsp3) is 0.833. The summed E-state index contributed by atoms with van der Waals surface area (Å²) in [7, 11) is 0. The van der Waals surface area contributed by atoms with Crippen LogP contribution >= 0.6 is 0 Å². The van der Waals surface area contributed by atoms with Gasteiger partial charge in [-0.25, -0.2) is 0 Å². The molecule has 0 saturated heterocycles. The van der Waals surface area contributed by atoms with Crippen molar-refractivity contribution in [3.63, 3.8) is 0 Å². The second-order valence-corrected chi connectivity index (χ2v) is 3.22. The molecule has 0 atom stereocenters. The van der Waals surface area contributed by atoms with E-state index in [1.54, 1.807) is 0 Å². The number of rotatable bonds is 1. The Labute approximate surface area is 54.4 Å². The fourth-order valence-corrected chi connectivity index (χ4v) is 0.486. The molecule has 1 amide bonds. The highest BCUT2D eigenvalue weighted by Gasteiger charge is 2.15. The number of carbonyl (C=O) groups is 1. The highest BCUT2D eigenvalue weighted by molar-refractivity contribution is 5.77. The van der Waals surface area contributed by atoms with Crippen LogP contribution in [0.2, 0.25) is 0 Å². The lowest BCUT2D eigenvalue weighted by molar-refractivity contribution is -0.119. The summed E-state index contributed by atoms with van der Waals surface area (Å²) < 4.78 is 0. The molecule has 3 heteroatoms. The lowest BCUT2D eigenvalue weighted by Crippen LogP contribution is -2.10. The molecule has 3 nitrogen and oxygen atoms in total. The Hall–Kier alpha value is -0.730. The first-order chi connectivity index (χ1) is 3.95. The minimum atomic E-state index is -0.567. The Morgan fingerprint density at radius 1 is 1.44 bits per heavy atom. The Bertz CT molecular complexity index is 124. The van der Waals surface area contributed by atoms with Crippen molar-refractivity contribution in [3.8, 4) is 0 Å². The summed E-state index contributed by atoms with van der Waals surface area (Å²) in [5.41, 5.74) is -0.120. The smallest absolute Gasteiger partial charge is 0.269 e. The zero-order valence-electron chi connectivity index (χ0n) is 5.97. The van der Waals surface area contributed by atoms with Crippen LogP contribution in [0.1, 0.15) is 27.2 Å². The van der Waals surface area contributed by atoms with E-state index in [9.17, 15) is 9.70 Å². The SMILES string of the molecule is CC(C)(C)CC(=O)N=O.